The number of carbonyl (C=O) groups is 4. The molecule has 0 bridgehead atoms. The molecule has 2 fully saturated rings. The summed E-state index contributed by atoms with van der Waals surface area (Å²) in [6.07, 6.45) is 0. The minimum absolute atomic E-state index is 0.132. The molecule has 2 aromatic rings. The molecule has 168 valence electrons. The molecule has 32 heavy (non-hydrogen) atoms. The first kappa shape index (κ1) is 21.4. The summed E-state index contributed by atoms with van der Waals surface area (Å²) in [5, 5.41) is 0. The molecule has 0 N–H and O–H groups in total. The molecule has 2 saturated heterocycles. The Hall–Kier alpha value is -2.40. The van der Waals surface area contributed by atoms with E-state index in [1.807, 2.05) is 14.1 Å². The Bertz CT molecular complexity index is 986. The molecular weight excluding hydrogens is 448 g/mol. The second-order valence-electron chi connectivity index (χ2n) is 8.56. The Labute approximate surface area is 194 Å². The molecule has 10 heteroatoms. The first-order chi connectivity index (χ1) is 15.3. The Morgan fingerprint density at radius 1 is 0.656 bits per heavy atom. The first-order valence-electron chi connectivity index (χ1n) is 10.7. The van der Waals surface area contributed by atoms with Crippen molar-refractivity contribution in [1.82, 2.24) is 19.6 Å². The zero-order valence-electron chi connectivity index (χ0n) is 18.0. The van der Waals surface area contributed by atoms with Crippen molar-refractivity contribution in [3.8, 4) is 0 Å². The van der Waals surface area contributed by atoms with E-state index in [9.17, 15) is 19.2 Å². The lowest BCUT2D eigenvalue weighted by atomic mass is 9.95. The summed E-state index contributed by atoms with van der Waals surface area (Å²) in [5.41, 5.74) is 0.558. The fourth-order valence-electron chi connectivity index (χ4n) is 4.25. The summed E-state index contributed by atoms with van der Waals surface area (Å²) in [6, 6.07) is 3.12. The smallest absolute Gasteiger partial charge is 0.264 e. The lowest BCUT2D eigenvalue weighted by Crippen LogP contribution is -2.46. The average Bonchev–Trinajstić information content (AvgIpc) is 3.44. The van der Waals surface area contributed by atoms with Gasteiger partial charge < -0.3 is 19.6 Å². The van der Waals surface area contributed by atoms with Gasteiger partial charge in [-0.3, -0.25) is 19.2 Å². The lowest BCUT2D eigenvalue weighted by Gasteiger charge is -2.32. The third-order valence-corrected chi connectivity index (χ3v) is 8.61. The highest BCUT2D eigenvalue weighted by atomic mass is 32.1. The number of fused-ring (bicyclic) bond motifs is 2. The molecule has 2 aliphatic heterocycles. The quantitative estimate of drug-likeness (QED) is 0.560. The van der Waals surface area contributed by atoms with E-state index in [1.54, 1.807) is 21.9 Å². The number of nitrogens with zero attached hydrogens (tertiary/aromatic N) is 4. The van der Waals surface area contributed by atoms with E-state index in [-0.39, 0.29) is 34.5 Å². The van der Waals surface area contributed by atoms with Gasteiger partial charge in [0.15, 0.2) is 5.78 Å². The number of ketones is 2. The van der Waals surface area contributed by atoms with Crippen LogP contribution in [0.1, 0.15) is 49.8 Å². The monoisotopic (exact) mass is 472 g/mol. The number of piperazine rings is 2. The van der Waals surface area contributed by atoms with E-state index in [1.165, 1.54) is 0 Å². The highest BCUT2D eigenvalue weighted by molar-refractivity contribution is 7.20. The standard InChI is InChI=1S/C22H24N4O4S2/c1-23-3-7-25(8-4-23)21(29)15-11-13-17(27)14-12-16(32-20(14)18(28)19(13)31-15)22(30)26-9-5-24(2)6-10-26/h11-12H,3-10H2,1-2H3. The van der Waals surface area contributed by atoms with E-state index >= 15 is 0 Å². The molecule has 0 aromatic carbocycles. The molecule has 0 unspecified atom stereocenters. The van der Waals surface area contributed by atoms with Gasteiger partial charge in [0, 0.05) is 63.5 Å². The largest absolute Gasteiger partial charge is 0.335 e. The second-order valence-corrected chi connectivity index (χ2v) is 10.7. The molecule has 0 atom stereocenters. The molecule has 1 aliphatic carbocycles. The Morgan fingerprint density at radius 3 is 1.41 bits per heavy atom. The van der Waals surface area contributed by atoms with Crippen molar-refractivity contribution in [3.05, 3.63) is 42.8 Å². The molecule has 2 aromatic heterocycles. The number of hydrogen-bond acceptors (Lipinski definition) is 8. The van der Waals surface area contributed by atoms with Gasteiger partial charge in [-0.1, -0.05) is 0 Å². The third-order valence-electron chi connectivity index (χ3n) is 6.37. The molecule has 2 amide bonds. The SMILES string of the molecule is CN1CCN(C(=O)c2cc3c(s2)C(=O)c2sc(C(=O)N4CCN(C)CC4)cc2C3=O)CC1. The number of hydrogen-bond donors (Lipinski definition) is 0. The van der Waals surface area contributed by atoms with Gasteiger partial charge in [-0.05, 0) is 26.2 Å². The van der Waals surface area contributed by atoms with Gasteiger partial charge in [0.2, 0.25) is 5.78 Å². The van der Waals surface area contributed by atoms with Crippen LogP contribution in [0, 0.1) is 0 Å². The van der Waals surface area contributed by atoms with Crippen molar-refractivity contribution in [2.75, 3.05) is 66.5 Å². The Balaban J connectivity index is 1.39. The van der Waals surface area contributed by atoms with Gasteiger partial charge in [0.25, 0.3) is 11.8 Å². The van der Waals surface area contributed by atoms with Gasteiger partial charge in [-0.15, -0.1) is 22.7 Å². The topological polar surface area (TPSA) is 81.2 Å². The molecule has 0 spiro atoms. The lowest BCUT2D eigenvalue weighted by molar-refractivity contribution is 0.0662. The van der Waals surface area contributed by atoms with Crippen LogP contribution in [0.2, 0.25) is 0 Å². The van der Waals surface area contributed by atoms with Crippen LogP contribution in [0.4, 0.5) is 0 Å². The number of amides is 2. The predicted octanol–water partition coefficient (Wildman–Crippen LogP) is 1.36. The summed E-state index contributed by atoms with van der Waals surface area (Å²) >= 11 is 2.18. The maximum atomic E-state index is 13.2. The summed E-state index contributed by atoms with van der Waals surface area (Å²) < 4.78 is 0. The zero-order chi connectivity index (χ0) is 22.6. The van der Waals surface area contributed by atoms with E-state index in [4.69, 9.17) is 0 Å². The maximum absolute atomic E-state index is 13.2. The molecular formula is C22H24N4O4S2. The van der Waals surface area contributed by atoms with E-state index in [2.05, 4.69) is 9.80 Å². The maximum Gasteiger partial charge on any atom is 0.264 e. The van der Waals surface area contributed by atoms with Crippen molar-refractivity contribution in [1.29, 1.82) is 0 Å². The fraction of sp³-hybridized carbons (Fsp3) is 0.455. The van der Waals surface area contributed by atoms with Crippen LogP contribution in [-0.2, 0) is 0 Å². The normalized spacial score (nSPS) is 19.8. The van der Waals surface area contributed by atoms with Gasteiger partial charge in [0.05, 0.1) is 19.5 Å². The van der Waals surface area contributed by atoms with Gasteiger partial charge in [-0.2, -0.15) is 0 Å². The molecule has 0 radical (unpaired) electrons. The number of rotatable bonds is 2. The van der Waals surface area contributed by atoms with E-state index < -0.39 is 0 Å². The van der Waals surface area contributed by atoms with Crippen molar-refractivity contribution >= 4 is 46.1 Å². The first-order valence-corrected chi connectivity index (χ1v) is 12.3. The molecule has 8 nitrogen and oxygen atoms in total. The van der Waals surface area contributed by atoms with Crippen molar-refractivity contribution in [3.63, 3.8) is 0 Å². The highest BCUT2D eigenvalue weighted by Crippen LogP contribution is 2.38. The number of likely N-dealkylation sites (N-methyl/N-ethyl adjacent to an activating group) is 2. The highest BCUT2D eigenvalue weighted by Gasteiger charge is 2.37. The minimum Gasteiger partial charge on any atom is -0.335 e. The minimum atomic E-state index is -0.281. The molecule has 5 rings (SSSR count). The second kappa shape index (κ2) is 8.18. The third kappa shape index (κ3) is 3.61. The summed E-state index contributed by atoms with van der Waals surface area (Å²) in [5.74, 6) is -0.809. The van der Waals surface area contributed by atoms with Gasteiger partial charge in [0.1, 0.15) is 0 Å². The van der Waals surface area contributed by atoms with Crippen LogP contribution in [0.5, 0.6) is 0 Å². The Kier molecular flexibility index (Phi) is 5.48. The van der Waals surface area contributed by atoms with Crippen LogP contribution in [0.25, 0.3) is 0 Å². The van der Waals surface area contributed by atoms with Crippen molar-refractivity contribution in [2.24, 2.45) is 0 Å². The zero-order valence-corrected chi connectivity index (χ0v) is 19.7. The summed E-state index contributed by atoms with van der Waals surface area (Å²) in [4.78, 5) is 61.5. The number of carbonyl (C=O) groups excluding carboxylic acids is 4. The van der Waals surface area contributed by atoms with Crippen molar-refractivity contribution in [2.45, 2.75) is 0 Å². The van der Waals surface area contributed by atoms with Crippen LogP contribution in [0.15, 0.2) is 12.1 Å². The van der Waals surface area contributed by atoms with E-state index in [0.717, 1.165) is 48.9 Å². The Morgan fingerprint density at radius 2 is 1.03 bits per heavy atom. The molecule has 3 aliphatic rings. The fourth-order valence-corrected chi connectivity index (χ4v) is 6.45. The average molecular weight is 473 g/mol. The van der Waals surface area contributed by atoms with Crippen LogP contribution in [-0.4, -0.2) is 109 Å². The molecule has 4 heterocycles. The number of thiophene rings is 2. The van der Waals surface area contributed by atoms with Crippen molar-refractivity contribution < 1.29 is 19.2 Å². The van der Waals surface area contributed by atoms with Crippen LogP contribution >= 0.6 is 22.7 Å². The van der Waals surface area contributed by atoms with E-state index in [0.29, 0.717) is 45.7 Å². The predicted molar refractivity (Wildman–Crippen MR) is 122 cm³/mol. The van der Waals surface area contributed by atoms with Gasteiger partial charge >= 0.3 is 0 Å². The summed E-state index contributed by atoms with van der Waals surface area (Å²) in [6.45, 7) is 5.73. The van der Waals surface area contributed by atoms with Crippen LogP contribution < -0.4 is 0 Å². The van der Waals surface area contributed by atoms with Crippen LogP contribution in [0.3, 0.4) is 0 Å². The summed E-state index contributed by atoms with van der Waals surface area (Å²) in [7, 11) is 4.04. The molecule has 0 saturated carbocycles. The van der Waals surface area contributed by atoms with Gasteiger partial charge in [-0.25, -0.2) is 0 Å².